The van der Waals surface area contributed by atoms with Crippen LogP contribution in [0.15, 0.2) is 21.9 Å². The maximum Gasteiger partial charge on any atom is 0.526 e. The zero-order valence-corrected chi connectivity index (χ0v) is 8.58. The van der Waals surface area contributed by atoms with Crippen LogP contribution in [0.3, 0.4) is 0 Å². The highest BCUT2D eigenvalue weighted by Gasteiger charge is 2.52. The van der Waals surface area contributed by atoms with Crippen molar-refractivity contribution in [1.29, 1.82) is 0 Å². The van der Waals surface area contributed by atoms with Crippen molar-refractivity contribution in [2.24, 2.45) is 9.98 Å². The topological polar surface area (TPSA) is 49.2 Å². The second-order valence-corrected chi connectivity index (χ2v) is 3.44. The summed E-state index contributed by atoms with van der Waals surface area (Å²) in [5.74, 6) is -1.97. The molecule has 9 heteroatoms. The second-order valence-electron chi connectivity index (χ2n) is 2.68. The van der Waals surface area contributed by atoms with Crippen molar-refractivity contribution >= 4 is 28.8 Å². The molecule has 2 rings (SSSR count). The molecule has 1 N–H and O–H groups in total. The number of alkyl halides is 3. The molecule has 0 aromatic carbocycles. The van der Waals surface area contributed by atoms with Gasteiger partial charge in [0.1, 0.15) is 12.0 Å². The van der Waals surface area contributed by atoms with Crippen LogP contribution in [0.25, 0.3) is 0 Å². The molecular formula is C6H4BrF3N4O. The van der Waals surface area contributed by atoms with Gasteiger partial charge in [0.15, 0.2) is 0 Å². The molecular weight excluding hydrogens is 281 g/mol. The summed E-state index contributed by atoms with van der Waals surface area (Å²) in [6.07, 6.45) is -1.36. The molecule has 15 heavy (non-hydrogen) atoms. The van der Waals surface area contributed by atoms with Gasteiger partial charge in [-0.15, -0.1) is 13.2 Å². The van der Waals surface area contributed by atoms with Gasteiger partial charge in [0.25, 0.3) is 0 Å². The molecule has 0 aliphatic carbocycles. The van der Waals surface area contributed by atoms with Crippen LogP contribution in [0, 0.1) is 0 Å². The van der Waals surface area contributed by atoms with Gasteiger partial charge in [0, 0.05) is 0 Å². The van der Waals surface area contributed by atoms with Crippen LogP contribution in [0.5, 0.6) is 0 Å². The van der Waals surface area contributed by atoms with Crippen LogP contribution >= 0.6 is 16.1 Å². The molecule has 82 valence electrons. The molecule has 1 unspecified atom stereocenters. The molecule has 2 heterocycles. The highest BCUT2D eigenvalue weighted by molar-refractivity contribution is 9.07. The zero-order valence-electron chi connectivity index (χ0n) is 6.99. The van der Waals surface area contributed by atoms with E-state index in [1.165, 1.54) is 6.20 Å². The highest BCUT2D eigenvalue weighted by Crippen LogP contribution is 2.38. The van der Waals surface area contributed by atoms with Crippen molar-refractivity contribution in [3.05, 3.63) is 11.9 Å². The van der Waals surface area contributed by atoms with E-state index in [9.17, 15) is 13.2 Å². The Labute approximate surface area is 90.7 Å². The van der Waals surface area contributed by atoms with Crippen LogP contribution in [0.2, 0.25) is 0 Å². The minimum absolute atomic E-state index is 0.0826. The summed E-state index contributed by atoms with van der Waals surface area (Å²) in [5, 5.41) is 2.51. The maximum absolute atomic E-state index is 12.2. The Hall–Kier alpha value is -1.09. The number of hydrogen-bond donors (Lipinski definition) is 1. The Morgan fingerprint density at radius 3 is 2.93 bits per heavy atom. The number of nitrogens with one attached hydrogen (secondary N) is 1. The Bertz CT molecular complexity index is 366. The van der Waals surface area contributed by atoms with E-state index < -0.39 is 12.2 Å². The van der Waals surface area contributed by atoms with E-state index in [-0.39, 0.29) is 5.70 Å². The van der Waals surface area contributed by atoms with Crippen molar-refractivity contribution in [2.75, 3.05) is 0 Å². The smallest absolute Gasteiger partial charge is 0.343 e. The van der Waals surface area contributed by atoms with E-state index in [1.54, 1.807) is 0 Å². The van der Waals surface area contributed by atoms with Crippen molar-refractivity contribution in [1.82, 2.24) is 9.24 Å². The first-order chi connectivity index (χ1) is 6.94. The number of ether oxygens (including phenoxy) is 1. The molecule has 0 aromatic heterocycles. The Kier molecular flexibility index (Phi) is 2.23. The minimum Gasteiger partial charge on any atom is -0.343 e. The van der Waals surface area contributed by atoms with Crippen LogP contribution in [0.4, 0.5) is 13.2 Å². The molecule has 0 spiro atoms. The van der Waals surface area contributed by atoms with Gasteiger partial charge in [-0.2, -0.15) is 0 Å². The lowest BCUT2D eigenvalue weighted by atomic mass is 10.3. The first kappa shape index (κ1) is 10.4. The first-order valence-electron chi connectivity index (χ1n) is 3.70. The van der Waals surface area contributed by atoms with Gasteiger partial charge in [-0.25, -0.2) is 18.6 Å². The summed E-state index contributed by atoms with van der Waals surface area (Å²) >= 11 is 2.87. The normalized spacial score (nSPS) is 28.8. The molecule has 1 atom stereocenters. The lowest BCUT2D eigenvalue weighted by Crippen LogP contribution is -2.49. The van der Waals surface area contributed by atoms with Crippen LogP contribution in [-0.4, -0.2) is 28.8 Å². The summed E-state index contributed by atoms with van der Waals surface area (Å²) in [4.78, 5) is 7.27. The first-order valence-corrected chi connectivity index (χ1v) is 4.41. The predicted octanol–water partition coefficient (Wildman–Crippen LogP) is 1.30. The third kappa shape index (κ3) is 1.72. The van der Waals surface area contributed by atoms with E-state index in [0.29, 0.717) is 0 Å². The van der Waals surface area contributed by atoms with Gasteiger partial charge in [-0.3, -0.25) is 0 Å². The average molecular weight is 285 g/mol. The molecule has 0 bridgehead atoms. The van der Waals surface area contributed by atoms with E-state index in [2.05, 4.69) is 36.2 Å². The van der Waals surface area contributed by atoms with Gasteiger partial charge >= 0.3 is 12.2 Å². The molecule has 0 amide bonds. The molecule has 5 nitrogen and oxygen atoms in total. The fourth-order valence-electron chi connectivity index (χ4n) is 1.18. The van der Waals surface area contributed by atoms with E-state index >= 15 is 0 Å². The third-order valence-electron chi connectivity index (χ3n) is 1.73. The SMILES string of the molecule is FC(F)(F)OC12N=CNC1=CN=CN2Br. The van der Waals surface area contributed by atoms with Crippen LogP contribution in [-0.2, 0) is 4.74 Å². The van der Waals surface area contributed by atoms with E-state index in [1.807, 2.05) is 0 Å². The molecule has 0 saturated heterocycles. The number of halogens is 4. The van der Waals surface area contributed by atoms with Gasteiger partial charge in [0.2, 0.25) is 0 Å². The van der Waals surface area contributed by atoms with Gasteiger partial charge in [0.05, 0.1) is 28.7 Å². The third-order valence-corrected chi connectivity index (χ3v) is 2.39. The number of rotatable bonds is 1. The fourth-order valence-corrected chi connectivity index (χ4v) is 1.64. The van der Waals surface area contributed by atoms with Gasteiger partial charge in [-0.05, 0) is 0 Å². The lowest BCUT2D eigenvalue weighted by molar-refractivity contribution is -0.368. The van der Waals surface area contributed by atoms with Crippen molar-refractivity contribution in [3.63, 3.8) is 0 Å². The van der Waals surface area contributed by atoms with Crippen LogP contribution in [0.1, 0.15) is 0 Å². The Morgan fingerprint density at radius 2 is 2.27 bits per heavy atom. The van der Waals surface area contributed by atoms with Gasteiger partial charge < -0.3 is 5.32 Å². The largest absolute Gasteiger partial charge is 0.526 e. The molecule has 2 aliphatic heterocycles. The van der Waals surface area contributed by atoms with Crippen molar-refractivity contribution in [3.8, 4) is 0 Å². The maximum atomic E-state index is 12.2. The molecule has 0 fully saturated rings. The molecule has 0 aromatic rings. The van der Waals surface area contributed by atoms with Gasteiger partial charge in [-0.1, -0.05) is 0 Å². The predicted molar refractivity (Wildman–Crippen MR) is 48.8 cm³/mol. The van der Waals surface area contributed by atoms with E-state index in [4.69, 9.17) is 0 Å². The summed E-state index contributed by atoms with van der Waals surface area (Å²) in [6.45, 7) is 0. The lowest BCUT2D eigenvalue weighted by Gasteiger charge is -2.34. The Morgan fingerprint density at radius 1 is 1.53 bits per heavy atom. The van der Waals surface area contributed by atoms with Crippen molar-refractivity contribution < 1.29 is 17.9 Å². The summed E-state index contributed by atoms with van der Waals surface area (Å²) in [5.41, 5.74) is 0.0826. The minimum atomic E-state index is -4.81. The number of aliphatic imine (C=N–C) groups is 2. The summed E-state index contributed by atoms with van der Waals surface area (Å²) in [6, 6.07) is 0. The fraction of sp³-hybridized carbons (Fsp3) is 0.333. The quantitative estimate of drug-likeness (QED) is 0.739. The average Bonchev–Trinajstić information content (AvgIpc) is 2.47. The molecule has 2 aliphatic rings. The van der Waals surface area contributed by atoms with E-state index in [0.717, 1.165) is 16.6 Å². The van der Waals surface area contributed by atoms with Crippen molar-refractivity contribution in [2.45, 2.75) is 12.2 Å². The zero-order chi connectivity index (χ0) is 11.1. The highest BCUT2D eigenvalue weighted by atomic mass is 79.9. The summed E-state index contributed by atoms with van der Waals surface area (Å²) in [7, 11) is 0. The Balaban J connectivity index is 2.35. The summed E-state index contributed by atoms with van der Waals surface area (Å²) < 4.78 is 41.5. The number of fused-ring (bicyclic) bond motifs is 1. The number of hydrogen-bond acceptors (Lipinski definition) is 5. The standard InChI is InChI=1S/C6H4BrF3N4O/c7-14-3-11-1-4-5(14,13-2-12-4)15-6(8,9)10/h1-3H,(H,12,13). The monoisotopic (exact) mass is 284 g/mol. The molecule has 0 radical (unpaired) electrons. The molecule has 0 saturated carbocycles. The van der Waals surface area contributed by atoms with Crippen LogP contribution < -0.4 is 5.32 Å². The second kappa shape index (κ2) is 3.20. The number of nitrogens with zero attached hydrogens (tertiary/aromatic N) is 3.